The van der Waals surface area contributed by atoms with E-state index in [0.717, 1.165) is 50.0 Å². The zero-order chi connectivity index (χ0) is 31.9. The molecular weight excluding hydrogens is 583 g/mol. The van der Waals surface area contributed by atoms with Crippen LogP contribution < -0.4 is 4.90 Å². The van der Waals surface area contributed by atoms with Crippen molar-refractivity contribution < 1.29 is 4.42 Å². The Kier molecular flexibility index (Phi) is 6.84. The van der Waals surface area contributed by atoms with Crippen molar-refractivity contribution in [2.45, 2.75) is 0 Å². The molecule has 0 fully saturated rings. The van der Waals surface area contributed by atoms with Crippen molar-refractivity contribution >= 4 is 49.8 Å². The average molecular weight is 614 g/mol. The normalized spacial score (nSPS) is 11.3. The number of nitrogens with zero attached hydrogens (tertiary/aromatic N) is 1. The van der Waals surface area contributed by atoms with Crippen LogP contribution in [0.3, 0.4) is 0 Å². The summed E-state index contributed by atoms with van der Waals surface area (Å²) >= 11 is 0. The van der Waals surface area contributed by atoms with E-state index in [2.05, 4.69) is 187 Å². The third kappa shape index (κ3) is 4.92. The second kappa shape index (κ2) is 11.8. The molecule has 0 radical (unpaired) electrons. The summed E-state index contributed by atoms with van der Waals surface area (Å²) in [5.41, 5.74) is 12.2. The smallest absolute Gasteiger partial charge is 0.136 e. The first-order chi connectivity index (χ1) is 23.8. The number of rotatable bonds is 6. The lowest BCUT2D eigenvalue weighted by atomic mass is 9.99. The largest absolute Gasteiger partial charge is 0.456 e. The van der Waals surface area contributed by atoms with E-state index in [4.69, 9.17) is 4.42 Å². The van der Waals surface area contributed by atoms with Gasteiger partial charge in [0.25, 0.3) is 0 Å². The first kappa shape index (κ1) is 27.9. The molecule has 48 heavy (non-hydrogen) atoms. The van der Waals surface area contributed by atoms with E-state index in [9.17, 15) is 0 Å². The Balaban J connectivity index is 1.20. The summed E-state index contributed by atoms with van der Waals surface area (Å²) in [5, 5.41) is 4.62. The number of anilines is 3. The molecule has 0 aliphatic carbocycles. The summed E-state index contributed by atoms with van der Waals surface area (Å²) in [6, 6.07) is 66.8. The van der Waals surface area contributed by atoms with E-state index in [-0.39, 0.29) is 0 Å². The molecule has 0 bridgehead atoms. The Morgan fingerprint density at radius 1 is 0.354 bits per heavy atom. The zero-order valence-electron chi connectivity index (χ0n) is 26.3. The van der Waals surface area contributed by atoms with Crippen molar-refractivity contribution in [2.24, 2.45) is 0 Å². The minimum atomic E-state index is 0.901. The highest BCUT2D eigenvalue weighted by Crippen LogP contribution is 2.43. The summed E-state index contributed by atoms with van der Waals surface area (Å²) in [6.07, 6.45) is 0. The van der Waals surface area contributed by atoms with Crippen LogP contribution >= 0.6 is 0 Å². The number of fused-ring (bicyclic) bond motifs is 5. The third-order valence-corrected chi connectivity index (χ3v) is 9.26. The first-order valence-electron chi connectivity index (χ1n) is 16.3. The highest BCUT2D eigenvalue weighted by molar-refractivity contribution is 6.19. The monoisotopic (exact) mass is 613 g/mol. The Labute approximate surface area is 279 Å². The number of hydrogen-bond acceptors (Lipinski definition) is 2. The van der Waals surface area contributed by atoms with Crippen LogP contribution in [0.5, 0.6) is 0 Å². The molecule has 9 rings (SSSR count). The molecule has 0 atom stereocenters. The molecule has 1 heterocycles. The lowest BCUT2D eigenvalue weighted by molar-refractivity contribution is 0.669. The van der Waals surface area contributed by atoms with Crippen LogP contribution in [-0.2, 0) is 0 Å². The highest BCUT2D eigenvalue weighted by Gasteiger charge is 2.19. The first-order valence-corrected chi connectivity index (χ1v) is 16.3. The van der Waals surface area contributed by atoms with Gasteiger partial charge in [0.2, 0.25) is 0 Å². The second-order valence-electron chi connectivity index (χ2n) is 12.2. The SMILES string of the molecule is c1ccc(-c2ccc(N(c3ccc4c(ccc5oc6cc(-c7ccccc7)ccc6c54)c3)c3ccccc3-c3ccccc3)cc2)cc1. The molecule has 0 amide bonds. The van der Waals surface area contributed by atoms with Gasteiger partial charge in [-0.2, -0.15) is 0 Å². The van der Waals surface area contributed by atoms with Gasteiger partial charge in [-0.15, -0.1) is 0 Å². The van der Waals surface area contributed by atoms with Gasteiger partial charge in [-0.1, -0.05) is 140 Å². The standard InChI is InChI=1S/C46H31NO/c1-4-12-32(13-5-1)34-20-24-38(25-21-34)47(43-19-11-10-18-40(43)35-16-8-3-9-17-35)39-26-28-41-37(30-39)23-29-44-46(41)42-27-22-36(31-45(42)48-44)33-14-6-2-7-15-33/h1-31H. The van der Waals surface area contributed by atoms with Crippen LogP contribution in [0, 0.1) is 0 Å². The molecule has 2 heteroatoms. The summed E-state index contributed by atoms with van der Waals surface area (Å²) in [5.74, 6) is 0. The predicted molar refractivity (Wildman–Crippen MR) is 202 cm³/mol. The summed E-state index contributed by atoms with van der Waals surface area (Å²) in [6.45, 7) is 0. The van der Waals surface area contributed by atoms with E-state index in [1.165, 1.54) is 33.2 Å². The van der Waals surface area contributed by atoms with Gasteiger partial charge in [0.05, 0.1) is 5.69 Å². The third-order valence-electron chi connectivity index (χ3n) is 9.26. The molecule has 226 valence electrons. The molecular formula is C46H31NO. The Morgan fingerprint density at radius 3 is 1.65 bits per heavy atom. The van der Waals surface area contributed by atoms with Crippen molar-refractivity contribution in [3.63, 3.8) is 0 Å². The maximum Gasteiger partial charge on any atom is 0.136 e. The van der Waals surface area contributed by atoms with Gasteiger partial charge in [-0.25, -0.2) is 0 Å². The van der Waals surface area contributed by atoms with Gasteiger partial charge in [-0.3, -0.25) is 0 Å². The predicted octanol–water partition coefficient (Wildman–Crippen LogP) is 13.2. The van der Waals surface area contributed by atoms with E-state index in [1.54, 1.807) is 0 Å². The van der Waals surface area contributed by atoms with Crippen LogP contribution in [0.25, 0.3) is 66.1 Å². The second-order valence-corrected chi connectivity index (χ2v) is 12.2. The summed E-state index contributed by atoms with van der Waals surface area (Å²) in [4.78, 5) is 2.38. The fraction of sp³-hybridized carbons (Fsp3) is 0. The maximum atomic E-state index is 6.44. The molecule has 0 aliphatic heterocycles. The summed E-state index contributed by atoms with van der Waals surface area (Å²) < 4.78 is 6.44. The molecule has 1 aromatic heterocycles. The summed E-state index contributed by atoms with van der Waals surface area (Å²) in [7, 11) is 0. The number of hydrogen-bond donors (Lipinski definition) is 0. The van der Waals surface area contributed by atoms with E-state index in [0.29, 0.717) is 0 Å². The van der Waals surface area contributed by atoms with Crippen molar-refractivity contribution in [1.82, 2.24) is 0 Å². The van der Waals surface area contributed by atoms with Gasteiger partial charge in [0, 0.05) is 27.7 Å². The van der Waals surface area contributed by atoms with Crippen LogP contribution in [0.4, 0.5) is 17.1 Å². The molecule has 0 unspecified atom stereocenters. The number of para-hydroxylation sites is 1. The van der Waals surface area contributed by atoms with Crippen molar-refractivity contribution in [1.29, 1.82) is 0 Å². The lowest BCUT2D eigenvalue weighted by Crippen LogP contribution is -2.11. The van der Waals surface area contributed by atoms with Gasteiger partial charge in [-0.05, 0) is 87.1 Å². The quantitative estimate of drug-likeness (QED) is 0.185. The fourth-order valence-corrected chi connectivity index (χ4v) is 6.93. The molecule has 2 nitrogen and oxygen atoms in total. The topological polar surface area (TPSA) is 16.4 Å². The van der Waals surface area contributed by atoms with Crippen molar-refractivity contribution in [3.8, 4) is 33.4 Å². The molecule has 8 aromatic carbocycles. The van der Waals surface area contributed by atoms with Gasteiger partial charge in [0.15, 0.2) is 0 Å². The Hall–Kier alpha value is -6.38. The molecule has 0 saturated carbocycles. The highest BCUT2D eigenvalue weighted by atomic mass is 16.3. The number of benzene rings is 8. The van der Waals surface area contributed by atoms with Crippen LogP contribution in [0.1, 0.15) is 0 Å². The lowest BCUT2D eigenvalue weighted by Gasteiger charge is -2.28. The number of furan rings is 1. The Morgan fingerprint density at radius 2 is 0.917 bits per heavy atom. The van der Waals surface area contributed by atoms with Crippen LogP contribution in [0.2, 0.25) is 0 Å². The van der Waals surface area contributed by atoms with Gasteiger partial charge < -0.3 is 9.32 Å². The minimum absolute atomic E-state index is 0.901. The van der Waals surface area contributed by atoms with Crippen molar-refractivity contribution in [2.75, 3.05) is 4.90 Å². The van der Waals surface area contributed by atoms with Crippen molar-refractivity contribution in [3.05, 3.63) is 188 Å². The van der Waals surface area contributed by atoms with Gasteiger partial charge in [0.1, 0.15) is 11.2 Å². The maximum absolute atomic E-state index is 6.44. The molecule has 0 N–H and O–H groups in total. The molecule has 0 saturated heterocycles. The van der Waals surface area contributed by atoms with E-state index >= 15 is 0 Å². The van der Waals surface area contributed by atoms with E-state index in [1.807, 2.05) is 6.07 Å². The van der Waals surface area contributed by atoms with Crippen LogP contribution in [0.15, 0.2) is 192 Å². The Bertz CT molecular complexity index is 2530. The van der Waals surface area contributed by atoms with Gasteiger partial charge >= 0.3 is 0 Å². The zero-order valence-corrected chi connectivity index (χ0v) is 26.3. The van der Waals surface area contributed by atoms with E-state index < -0.39 is 0 Å². The molecule has 9 aromatic rings. The van der Waals surface area contributed by atoms with Crippen LogP contribution in [-0.4, -0.2) is 0 Å². The molecule has 0 aliphatic rings. The average Bonchev–Trinajstić information content (AvgIpc) is 3.55. The fourth-order valence-electron chi connectivity index (χ4n) is 6.93. The minimum Gasteiger partial charge on any atom is -0.456 e. The molecule has 0 spiro atoms.